The first-order chi connectivity index (χ1) is 12.3. The van der Waals surface area contributed by atoms with Crippen LogP contribution in [0.2, 0.25) is 0 Å². The van der Waals surface area contributed by atoms with E-state index in [1.54, 1.807) is 30.4 Å². The number of carbonyl (C=O) groups excluding carboxylic acids is 1. The molecule has 0 atom stereocenters. The minimum atomic E-state index is -0.120. The summed E-state index contributed by atoms with van der Waals surface area (Å²) in [5.74, 6) is 1.34. The van der Waals surface area contributed by atoms with E-state index in [0.717, 1.165) is 22.8 Å². The van der Waals surface area contributed by atoms with Gasteiger partial charge < -0.3 is 14.1 Å². The molecule has 0 saturated carbocycles. The molecule has 0 radical (unpaired) electrons. The molecule has 0 fully saturated rings. The topological polar surface area (TPSA) is 42.7 Å². The normalized spacial score (nSPS) is 10.8. The van der Waals surface area contributed by atoms with E-state index >= 15 is 0 Å². The van der Waals surface area contributed by atoms with Crippen LogP contribution in [0.25, 0.3) is 6.08 Å². The van der Waals surface area contributed by atoms with Gasteiger partial charge in [0.1, 0.15) is 11.5 Å². The third-order valence-corrected chi connectivity index (χ3v) is 3.76. The van der Waals surface area contributed by atoms with Crippen LogP contribution in [0.3, 0.4) is 0 Å². The highest BCUT2D eigenvalue weighted by atomic mass is 16.5. The molecule has 0 saturated heterocycles. The summed E-state index contributed by atoms with van der Waals surface area (Å²) in [5, 5.41) is 0. The van der Waals surface area contributed by atoms with Crippen LogP contribution in [0.4, 0.5) is 5.69 Å². The molecule has 3 rings (SSSR count). The van der Waals surface area contributed by atoms with Gasteiger partial charge in [0.15, 0.2) is 0 Å². The van der Waals surface area contributed by atoms with Gasteiger partial charge in [0.25, 0.3) is 5.91 Å². The molecule has 4 nitrogen and oxygen atoms in total. The fraction of sp³-hybridized carbons (Fsp3) is 0.0952. The van der Waals surface area contributed by atoms with Crippen LogP contribution in [0.5, 0.6) is 5.75 Å². The highest BCUT2D eigenvalue weighted by molar-refractivity contribution is 6.03. The maximum Gasteiger partial charge on any atom is 0.251 e. The maximum atomic E-state index is 12.8. The molecule has 1 heterocycles. The fourth-order valence-corrected chi connectivity index (χ4v) is 2.44. The van der Waals surface area contributed by atoms with E-state index in [0.29, 0.717) is 6.54 Å². The second kappa shape index (κ2) is 8.02. The zero-order chi connectivity index (χ0) is 17.5. The highest BCUT2D eigenvalue weighted by Crippen LogP contribution is 2.22. The van der Waals surface area contributed by atoms with E-state index in [1.807, 2.05) is 66.7 Å². The highest BCUT2D eigenvalue weighted by Gasteiger charge is 2.15. The Morgan fingerprint density at radius 1 is 1.04 bits per heavy atom. The van der Waals surface area contributed by atoms with Gasteiger partial charge in [0.05, 0.1) is 19.9 Å². The smallest absolute Gasteiger partial charge is 0.251 e. The van der Waals surface area contributed by atoms with Crippen LogP contribution in [0.15, 0.2) is 83.5 Å². The largest absolute Gasteiger partial charge is 0.497 e. The van der Waals surface area contributed by atoms with Gasteiger partial charge in [0, 0.05) is 11.8 Å². The molecule has 4 heteroatoms. The summed E-state index contributed by atoms with van der Waals surface area (Å²) in [5.41, 5.74) is 1.75. The van der Waals surface area contributed by atoms with Crippen LogP contribution in [-0.2, 0) is 11.3 Å². The van der Waals surface area contributed by atoms with Crippen molar-refractivity contribution >= 4 is 17.7 Å². The van der Waals surface area contributed by atoms with Crippen molar-refractivity contribution in [2.75, 3.05) is 12.0 Å². The molecule has 0 spiro atoms. The number of nitrogens with zero attached hydrogens (tertiary/aromatic N) is 1. The zero-order valence-electron chi connectivity index (χ0n) is 14.0. The average molecular weight is 333 g/mol. The van der Waals surface area contributed by atoms with Crippen LogP contribution in [0, 0.1) is 0 Å². The molecule has 126 valence electrons. The van der Waals surface area contributed by atoms with Crippen molar-refractivity contribution < 1.29 is 13.9 Å². The second-order valence-corrected chi connectivity index (χ2v) is 5.45. The molecule has 0 aliphatic heterocycles. The van der Waals surface area contributed by atoms with Gasteiger partial charge in [-0.05, 0) is 48.0 Å². The predicted octanol–water partition coefficient (Wildman–Crippen LogP) is 4.53. The first-order valence-corrected chi connectivity index (χ1v) is 7.97. The molecule has 25 heavy (non-hydrogen) atoms. The first-order valence-electron chi connectivity index (χ1n) is 7.97. The SMILES string of the molecule is COc1ccc(N(Cc2ccco2)C(=O)C=Cc2ccccc2)cc1. The van der Waals surface area contributed by atoms with E-state index in [-0.39, 0.29) is 5.91 Å². The quantitative estimate of drug-likeness (QED) is 0.622. The number of carbonyl (C=O) groups is 1. The third-order valence-electron chi connectivity index (χ3n) is 3.76. The number of ether oxygens (including phenoxy) is 1. The number of benzene rings is 2. The van der Waals surface area contributed by atoms with Gasteiger partial charge >= 0.3 is 0 Å². The van der Waals surface area contributed by atoms with E-state index in [4.69, 9.17) is 9.15 Å². The number of amides is 1. The van der Waals surface area contributed by atoms with Crippen molar-refractivity contribution in [1.82, 2.24) is 0 Å². The Bertz CT molecular complexity index is 821. The van der Waals surface area contributed by atoms with Crippen molar-refractivity contribution in [1.29, 1.82) is 0 Å². The summed E-state index contributed by atoms with van der Waals surface area (Å²) >= 11 is 0. The summed E-state index contributed by atoms with van der Waals surface area (Å²) < 4.78 is 10.6. The molecule has 3 aromatic rings. The van der Waals surface area contributed by atoms with Gasteiger partial charge in [0.2, 0.25) is 0 Å². The molecule has 1 aromatic heterocycles. The summed E-state index contributed by atoms with van der Waals surface area (Å²) in [6.45, 7) is 0.358. The number of anilines is 1. The van der Waals surface area contributed by atoms with E-state index < -0.39 is 0 Å². The van der Waals surface area contributed by atoms with Crippen molar-refractivity contribution in [3.05, 3.63) is 90.4 Å². The Morgan fingerprint density at radius 2 is 1.80 bits per heavy atom. The molecule has 0 aliphatic carbocycles. The van der Waals surface area contributed by atoms with Crippen molar-refractivity contribution in [2.24, 2.45) is 0 Å². The summed E-state index contributed by atoms with van der Waals surface area (Å²) in [4.78, 5) is 14.4. The van der Waals surface area contributed by atoms with Crippen molar-refractivity contribution in [3.63, 3.8) is 0 Å². The Kier molecular flexibility index (Phi) is 5.32. The number of hydrogen-bond donors (Lipinski definition) is 0. The maximum absolute atomic E-state index is 12.8. The van der Waals surface area contributed by atoms with Crippen molar-refractivity contribution in [2.45, 2.75) is 6.54 Å². The first kappa shape index (κ1) is 16.6. The van der Waals surface area contributed by atoms with Gasteiger partial charge in [-0.3, -0.25) is 4.79 Å². The van der Waals surface area contributed by atoms with Gasteiger partial charge in [-0.15, -0.1) is 0 Å². The van der Waals surface area contributed by atoms with Crippen LogP contribution < -0.4 is 9.64 Å². The Morgan fingerprint density at radius 3 is 2.44 bits per heavy atom. The van der Waals surface area contributed by atoms with Crippen LogP contribution >= 0.6 is 0 Å². The van der Waals surface area contributed by atoms with Gasteiger partial charge in [-0.1, -0.05) is 30.3 Å². The second-order valence-electron chi connectivity index (χ2n) is 5.45. The van der Waals surface area contributed by atoms with Crippen LogP contribution in [0.1, 0.15) is 11.3 Å². The van der Waals surface area contributed by atoms with E-state index in [2.05, 4.69) is 0 Å². The molecule has 0 bridgehead atoms. The molecule has 1 amide bonds. The Balaban J connectivity index is 1.84. The predicted molar refractivity (Wildman–Crippen MR) is 98.4 cm³/mol. The minimum Gasteiger partial charge on any atom is -0.497 e. The van der Waals surface area contributed by atoms with Crippen molar-refractivity contribution in [3.8, 4) is 5.75 Å². The lowest BCUT2D eigenvalue weighted by atomic mass is 10.2. The fourth-order valence-electron chi connectivity index (χ4n) is 2.44. The summed E-state index contributed by atoms with van der Waals surface area (Å²) in [6.07, 6.45) is 4.98. The van der Waals surface area contributed by atoms with E-state index in [1.165, 1.54) is 0 Å². The lowest BCUT2D eigenvalue weighted by molar-refractivity contribution is -0.114. The summed E-state index contributed by atoms with van der Waals surface area (Å²) in [7, 11) is 1.61. The number of methoxy groups -OCH3 is 1. The number of hydrogen-bond acceptors (Lipinski definition) is 3. The number of rotatable bonds is 6. The standard InChI is InChI=1S/C21H19NO3/c1-24-19-12-10-18(11-13-19)22(16-20-8-5-15-25-20)21(23)14-9-17-6-3-2-4-7-17/h2-15H,16H2,1H3. The Hall–Kier alpha value is -3.27. The summed E-state index contributed by atoms with van der Waals surface area (Å²) in [6, 6.07) is 20.8. The zero-order valence-corrected chi connectivity index (χ0v) is 14.0. The Labute approximate surface area is 147 Å². The van der Waals surface area contributed by atoms with Crippen LogP contribution in [-0.4, -0.2) is 13.0 Å². The number of furan rings is 1. The molecule has 0 aliphatic rings. The minimum absolute atomic E-state index is 0.120. The van der Waals surface area contributed by atoms with Gasteiger partial charge in [-0.2, -0.15) is 0 Å². The molecular weight excluding hydrogens is 314 g/mol. The lowest BCUT2D eigenvalue weighted by Gasteiger charge is -2.20. The molecule has 2 aromatic carbocycles. The monoisotopic (exact) mass is 333 g/mol. The molecular formula is C21H19NO3. The molecule has 0 N–H and O–H groups in total. The van der Waals surface area contributed by atoms with E-state index in [9.17, 15) is 4.79 Å². The average Bonchev–Trinajstić information content (AvgIpc) is 3.18. The lowest BCUT2D eigenvalue weighted by Crippen LogP contribution is -2.28. The molecule has 0 unspecified atom stereocenters. The van der Waals surface area contributed by atoms with Gasteiger partial charge in [-0.25, -0.2) is 0 Å². The third kappa shape index (κ3) is 4.38.